The van der Waals surface area contributed by atoms with Crippen LogP contribution < -0.4 is 41.8 Å². The maximum absolute atomic E-state index is 12.6. The topological polar surface area (TPSA) is 350 Å². The zero-order chi connectivity index (χ0) is 53.7. The number of hydrogen-bond acceptors (Lipinski definition) is 19. The van der Waals surface area contributed by atoms with E-state index in [0.717, 1.165) is 44.9 Å². The van der Waals surface area contributed by atoms with E-state index >= 15 is 0 Å². The van der Waals surface area contributed by atoms with Crippen LogP contribution in [0.5, 0.6) is 11.8 Å². The van der Waals surface area contributed by atoms with Crippen molar-refractivity contribution in [3.05, 3.63) is 154 Å². The lowest BCUT2D eigenvalue weighted by molar-refractivity contribution is -0.132. The highest BCUT2D eigenvalue weighted by atomic mass is 16.5. The molecule has 0 aliphatic carbocycles. The number of carboxylic acids is 1. The Bertz CT molecular complexity index is 3220. The summed E-state index contributed by atoms with van der Waals surface area (Å²) in [6, 6.07) is 33.5. The molecule has 22 heteroatoms. The molecule has 384 valence electrons. The van der Waals surface area contributed by atoms with Gasteiger partial charge >= 0.3 is 5.97 Å². The quantitative estimate of drug-likeness (QED) is 0.0404. The number of aliphatic hydroxyl groups is 2. The maximum Gasteiger partial charge on any atom is 0.346 e. The van der Waals surface area contributed by atoms with Gasteiger partial charge in [-0.05, 0) is 69.8 Å². The highest BCUT2D eigenvalue weighted by Gasteiger charge is 2.18. The number of nitrogen functional groups attached to an aromatic ring is 2. The summed E-state index contributed by atoms with van der Waals surface area (Å²) in [7, 11) is 3.72. The number of aliphatic carboxylic acids is 1. The molecule has 1 amide bonds. The van der Waals surface area contributed by atoms with Crippen LogP contribution in [0.1, 0.15) is 39.1 Å². The van der Waals surface area contributed by atoms with E-state index in [1.54, 1.807) is 42.6 Å². The zero-order valence-corrected chi connectivity index (χ0v) is 41.1. The number of aliphatic hydroxyl groups excluding tert-OH is 2. The number of imidazole rings is 1. The number of nitrogens with two attached hydrogens (primary N) is 3. The fourth-order valence-electron chi connectivity index (χ4n) is 6.96. The molecular weight excluding hydrogens is 959 g/mol. The minimum absolute atomic E-state index is 0.0146. The number of likely N-dealkylation sites (N-methyl/N-ethyl adjacent to an activating group) is 2. The maximum atomic E-state index is 12.6. The molecular formula is C53H55N15O7. The second kappa shape index (κ2) is 27.2. The number of hydrogen-bond donors (Lipinski definition) is 8. The monoisotopic (exact) mass is 1010 g/mol. The van der Waals surface area contributed by atoms with Crippen molar-refractivity contribution in [2.75, 3.05) is 61.7 Å². The first-order chi connectivity index (χ1) is 36.3. The van der Waals surface area contributed by atoms with Crippen molar-refractivity contribution in [3.8, 4) is 23.9 Å². The largest absolute Gasteiger partial charge is 0.477 e. The minimum atomic E-state index is -1.24. The van der Waals surface area contributed by atoms with Gasteiger partial charge in [0.05, 0.1) is 25.2 Å². The van der Waals surface area contributed by atoms with Gasteiger partial charge in [0.1, 0.15) is 47.7 Å². The number of ether oxygens (including phenoxy) is 2. The number of H-pyrrole nitrogens is 1. The predicted molar refractivity (Wildman–Crippen MR) is 284 cm³/mol. The highest BCUT2D eigenvalue weighted by Crippen LogP contribution is 2.33. The normalized spacial score (nSPS) is 11.5. The fourth-order valence-corrected chi connectivity index (χ4v) is 6.96. The second-order valence-corrected chi connectivity index (χ2v) is 16.4. The third-order valence-electron chi connectivity index (χ3n) is 11.1. The Morgan fingerprint density at radius 1 is 0.720 bits per heavy atom. The second-order valence-electron chi connectivity index (χ2n) is 16.4. The number of aromatic nitrogens is 6. The average molecular weight is 1010 g/mol. The summed E-state index contributed by atoms with van der Waals surface area (Å²) < 4.78 is 11.5. The first-order valence-electron chi connectivity index (χ1n) is 23.2. The van der Waals surface area contributed by atoms with Gasteiger partial charge in [-0.25, -0.2) is 14.8 Å². The lowest BCUT2D eigenvalue weighted by atomic mass is 10.1. The molecule has 0 atom stereocenters. The molecule has 0 saturated carbocycles. The number of nitriles is 2. The van der Waals surface area contributed by atoms with Gasteiger partial charge in [0.2, 0.25) is 23.7 Å². The van der Waals surface area contributed by atoms with E-state index in [2.05, 4.69) is 40.2 Å². The molecule has 22 nitrogen and oxygen atoms in total. The van der Waals surface area contributed by atoms with Gasteiger partial charge in [-0.2, -0.15) is 25.5 Å². The Morgan fingerprint density at radius 2 is 1.23 bits per heavy atom. The van der Waals surface area contributed by atoms with E-state index in [4.69, 9.17) is 47.3 Å². The van der Waals surface area contributed by atoms with Crippen LogP contribution in [-0.4, -0.2) is 104 Å². The molecule has 75 heavy (non-hydrogen) atoms. The zero-order valence-electron chi connectivity index (χ0n) is 41.1. The summed E-state index contributed by atoms with van der Waals surface area (Å²) in [6.45, 7) is 2.62. The summed E-state index contributed by atoms with van der Waals surface area (Å²) in [5, 5.41) is 47.5. The van der Waals surface area contributed by atoms with Crippen LogP contribution in [0.25, 0.3) is 23.3 Å². The van der Waals surface area contributed by atoms with Crippen molar-refractivity contribution in [2.45, 2.75) is 32.7 Å². The number of rotatable bonds is 19. The number of carboxylic acid groups (broad SMARTS) is 1. The third-order valence-corrected chi connectivity index (χ3v) is 11.1. The smallest absolute Gasteiger partial charge is 0.346 e. The van der Waals surface area contributed by atoms with Crippen molar-refractivity contribution in [1.29, 1.82) is 10.5 Å². The minimum Gasteiger partial charge on any atom is -0.477 e. The van der Waals surface area contributed by atoms with Gasteiger partial charge < -0.3 is 62.1 Å². The van der Waals surface area contributed by atoms with Gasteiger partial charge in [0, 0.05) is 64.3 Å². The Morgan fingerprint density at radius 3 is 1.76 bits per heavy atom. The number of aromatic amines is 1. The van der Waals surface area contributed by atoms with Crippen LogP contribution in [0, 0.1) is 22.7 Å². The lowest BCUT2D eigenvalue weighted by Gasteiger charge is -2.17. The summed E-state index contributed by atoms with van der Waals surface area (Å²) in [4.78, 5) is 54.6. The van der Waals surface area contributed by atoms with E-state index in [1.165, 1.54) is 12.4 Å². The number of benzene rings is 4. The Balaban J connectivity index is 0.000000202. The number of amides is 1. The van der Waals surface area contributed by atoms with Crippen LogP contribution >= 0.6 is 0 Å². The average Bonchev–Trinajstić information content (AvgIpc) is 4.11. The number of carbonyl (C=O) groups is 2. The van der Waals surface area contributed by atoms with Crippen molar-refractivity contribution in [3.63, 3.8) is 0 Å². The van der Waals surface area contributed by atoms with E-state index in [9.17, 15) is 14.9 Å². The molecule has 7 aromatic rings. The first-order valence-corrected chi connectivity index (χ1v) is 23.2. The summed E-state index contributed by atoms with van der Waals surface area (Å²) in [5.41, 5.74) is 26.3. The lowest BCUT2D eigenvalue weighted by Crippen LogP contribution is -2.24. The molecule has 0 saturated heterocycles. The van der Waals surface area contributed by atoms with E-state index in [-0.39, 0.29) is 49.4 Å². The molecule has 4 heterocycles. The Hall–Kier alpha value is -9.74. The number of carbonyl (C=O) groups excluding carboxylic acids is 1. The van der Waals surface area contributed by atoms with Gasteiger partial charge in [0.15, 0.2) is 5.65 Å². The van der Waals surface area contributed by atoms with E-state index < -0.39 is 11.9 Å². The standard InChI is InChI=1S/C27H27N7O3.C13H14N6O.C13H14N2O3/c1-34(12-13-35)22-8-6-18(7-9-22)14-21(15-28)25(36)31-16-19-2-4-20(5-3-19)17-37-26-24-23(10-11-30-24)32-27(29)33-26;14-5-8-1-3-9(4-2-8)6-20-12-10-11(17-7-16-10)18-13(15)19-12;1-15(6-7-16)12-4-2-10(3-5-12)8-11(9-14)13(17)18/h2-9,11,14,35H,10,12-13,16-17H2,1H3,(H,31,36)(H2,29,32,33);1-4,7H,5-6,14H2,(H3,15,16,17,18,19);2-5,8,16H,6-7H2,1H3,(H,17,18)/b21-14+;;11-8+. The molecule has 0 bridgehead atoms. The first kappa shape index (κ1) is 54.6. The van der Waals surface area contributed by atoms with Gasteiger partial charge in [-0.1, -0.05) is 72.8 Å². The number of fused-ring (bicyclic) bond motifs is 2. The third kappa shape index (κ3) is 15.9. The highest BCUT2D eigenvalue weighted by molar-refractivity contribution is 6.01. The number of nitrogens with one attached hydrogen (secondary N) is 2. The molecule has 4 aromatic carbocycles. The molecule has 1 aliphatic heterocycles. The number of anilines is 4. The van der Waals surface area contributed by atoms with Crippen LogP contribution in [0.2, 0.25) is 0 Å². The Kier molecular flexibility index (Phi) is 19.8. The van der Waals surface area contributed by atoms with Crippen LogP contribution in [0.4, 0.5) is 29.0 Å². The van der Waals surface area contributed by atoms with Gasteiger partial charge in [-0.15, -0.1) is 0 Å². The summed E-state index contributed by atoms with van der Waals surface area (Å²) in [6.07, 6.45) is 6.75. The fraction of sp³-hybridized carbons (Fsp3) is 0.208. The summed E-state index contributed by atoms with van der Waals surface area (Å²) >= 11 is 0. The van der Waals surface area contributed by atoms with Crippen molar-refractivity contribution in [1.82, 2.24) is 35.2 Å². The predicted octanol–water partition coefficient (Wildman–Crippen LogP) is 4.63. The molecule has 11 N–H and O–H groups in total. The van der Waals surface area contributed by atoms with Crippen molar-refractivity contribution < 1.29 is 34.4 Å². The van der Waals surface area contributed by atoms with E-state index in [0.29, 0.717) is 66.8 Å². The number of aliphatic imine (C=N–C) groups is 1. The molecule has 1 aliphatic rings. The van der Waals surface area contributed by atoms with Crippen molar-refractivity contribution in [2.24, 2.45) is 10.7 Å². The van der Waals surface area contributed by atoms with Crippen LogP contribution in [-0.2, 0) is 42.3 Å². The summed E-state index contributed by atoms with van der Waals surface area (Å²) in [5.74, 6) is -0.647. The van der Waals surface area contributed by atoms with E-state index in [1.807, 2.05) is 103 Å². The SMILES string of the molecule is CN(CCO)c1ccc(/C=C(\C#N)C(=O)NCc2ccc(COc3nc(N)nc4c3N=CC4)cc2)cc1.CN(CCO)c1ccc(/C=C(\C#N)C(=O)O)cc1.NCc1ccc(COc2nc(N)nc3nc[nH]c23)cc1. The molecule has 0 fully saturated rings. The number of nitrogens with zero attached hydrogens (tertiary/aromatic N) is 10. The van der Waals surface area contributed by atoms with Crippen LogP contribution in [0.3, 0.4) is 0 Å². The molecule has 0 unspecified atom stereocenters. The van der Waals surface area contributed by atoms with Gasteiger partial charge in [0.25, 0.3) is 5.91 Å². The van der Waals surface area contributed by atoms with Gasteiger partial charge in [-0.3, -0.25) is 9.79 Å². The molecule has 0 radical (unpaired) electrons. The van der Waals surface area contributed by atoms with Crippen molar-refractivity contribution >= 4 is 70.4 Å². The molecule has 0 spiro atoms. The molecule has 8 rings (SSSR count). The van der Waals surface area contributed by atoms with Crippen LogP contribution in [0.15, 0.2) is 120 Å². The Labute approximate surface area is 431 Å². The molecule has 3 aromatic heterocycles.